The molecule has 0 atom stereocenters. The molecule has 0 saturated heterocycles. The molecule has 1 amide bonds. The first-order valence-corrected chi connectivity index (χ1v) is 6.27. The van der Waals surface area contributed by atoms with Crippen molar-refractivity contribution in [3.05, 3.63) is 23.8 Å². The summed E-state index contributed by atoms with van der Waals surface area (Å²) in [6.45, 7) is -0.00456. The van der Waals surface area contributed by atoms with E-state index in [4.69, 9.17) is 9.84 Å². The van der Waals surface area contributed by atoms with Gasteiger partial charge >= 0.3 is 5.97 Å². The highest BCUT2D eigenvalue weighted by atomic mass is 16.5. The van der Waals surface area contributed by atoms with Gasteiger partial charge in [-0.3, -0.25) is 14.4 Å². The van der Waals surface area contributed by atoms with Gasteiger partial charge in [0.1, 0.15) is 5.75 Å². The molecule has 0 fully saturated rings. The van der Waals surface area contributed by atoms with Crippen LogP contribution in [0.15, 0.2) is 18.2 Å². The van der Waals surface area contributed by atoms with Crippen molar-refractivity contribution in [1.29, 1.82) is 0 Å². The second-order valence-corrected chi connectivity index (χ2v) is 4.59. The Hall–Kier alpha value is -2.37. The summed E-state index contributed by atoms with van der Waals surface area (Å²) in [5.41, 5.74) is 1.02. The predicted octanol–water partition coefficient (Wildman–Crippen LogP) is 1.48. The van der Waals surface area contributed by atoms with E-state index in [2.05, 4.69) is 0 Å². The fraction of sp³-hybridized carbons (Fsp3) is 0.357. The lowest BCUT2D eigenvalue weighted by Crippen LogP contribution is -2.35. The van der Waals surface area contributed by atoms with Gasteiger partial charge in [-0.2, -0.15) is 0 Å². The lowest BCUT2D eigenvalue weighted by Gasteiger charge is -2.26. The fourth-order valence-electron chi connectivity index (χ4n) is 1.99. The van der Waals surface area contributed by atoms with E-state index in [0.29, 0.717) is 23.4 Å². The number of ketones is 1. The third-order valence-electron chi connectivity index (χ3n) is 3.16. The van der Waals surface area contributed by atoms with Crippen LogP contribution in [0.5, 0.6) is 5.75 Å². The summed E-state index contributed by atoms with van der Waals surface area (Å²) in [4.78, 5) is 35.4. The Balaban J connectivity index is 2.12. The summed E-state index contributed by atoms with van der Waals surface area (Å²) in [6.07, 6.45) is 0.443. The summed E-state index contributed by atoms with van der Waals surface area (Å²) < 4.78 is 5.27. The number of Topliss-reactive ketones (excluding diaryl/α,β-unsaturated/α-hetero) is 1. The Kier molecular flexibility index (Phi) is 4.02. The van der Waals surface area contributed by atoms with Crippen molar-refractivity contribution in [3.8, 4) is 5.75 Å². The van der Waals surface area contributed by atoms with Crippen LogP contribution in [0.2, 0.25) is 0 Å². The van der Waals surface area contributed by atoms with Crippen molar-refractivity contribution >= 4 is 23.3 Å². The molecular weight excluding hydrogens is 262 g/mol. The zero-order valence-corrected chi connectivity index (χ0v) is 11.1. The molecule has 0 spiro atoms. The van der Waals surface area contributed by atoms with Gasteiger partial charge < -0.3 is 14.7 Å². The minimum absolute atomic E-state index is 0.00456. The molecule has 1 aliphatic heterocycles. The van der Waals surface area contributed by atoms with E-state index in [1.807, 2.05) is 0 Å². The summed E-state index contributed by atoms with van der Waals surface area (Å²) in [6, 6.07) is 4.89. The summed E-state index contributed by atoms with van der Waals surface area (Å²) in [7, 11) is 1.63. The van der Waals surface area contributed by atoms with Gasteiger partial charge in [-0.15, -0.1) is 0 Å². The molecule has 0 aliphatic carbocycles. The molecule has 106 valence electrons. The van der Waals surface area contributed by atoms with Crippen molar-refractivity contribution in [2.45, 2.75) is 19.3 Å². The van der Waals surface area contributed by atoms with Crippen LogP contribution < -0.4 is 9.64 Å². The van der Waals surface area contributed by atoms with Gasteiger partial charge in [-0.25, -0.2) is 0 Å². The number of carboxylic acid groups (broad SMARTS) is 1. The minimum Gasteiger partial charge on any atom is -0.482 e. The van der Waals surface area contributed by atoms with E-state index in [9.17, 15) is 14.4 Å². The number of rotatable bonds is 5. The Morgan fingerprint density at radius 1 is 1.35 bits per heavy atom. The number of likely N-dealkylation sites (N-methyl/N-ethyl adjacent to an activating group) is 1. The molecule has 20 heavy (non-hydrogen) atoms. The number of nitrogens with zero attached hydrogens (tertiary/aromatic N) is 1. The van der Waals surface area contributed by atoms with Crippen molar-refractivity contribution in [1.82, 2.24) is 0 Å². The van der Waals surface area contributed by atoms with E-state index >= 15 is 0 Å². The molecule has 0 unspecified atom stereocenters. The zero-order valence-electron chi connectivity index (χ0n) is 11.1. The SMILES string of the molecule is CN1C(=O)COc2ccc(C(=O)CCCC(=O)O)cc21. The monoisotopic (exact) mass is 277 g/mol. The minimum atomic E-state index is -0.915. The normalized spacial score (nSPS) is 13.7. The number of hydrogen-bond donors (Lipinski definition) is 1. The van der Waals surface area contributed by atoms with E-state index in [1.54, 1.807) is 25.2 Å². The summed E-state index contributed by atoms with van der Waals surface area (Å²) >= 11 is 0. The average Bonchev–Trinajstić information content (AvgIpc) is 2.42. The highest BCUT2D eigenvalue weighted by Crippen LogP contribution is 2.32. The van der Waals surface area contributed by atoms with Gasteiger partial charge in [0.2, 0.25) is 0 Å². The molecule has 6 nitrogen and oxygen atoms in total. The lowest BCUT2D eigenvalue weighted by molar-refractivity contribution is -0.137. The molecule has 0 aromatic heterocycles. The maximum absolute atomic E-state index is 12.0. The third kappa shape index (κ3) is 2.96. The smallest absolute Gasteiger partial charge is 0.303 e. The van der Waals surface area contributed by atoms with E-state index < -0.39 is 5.97 Å². The zero-order chi connectivity index (χ0) is 14.7. The van der Waals surface area contributed by atoms with Crippen LogP contribution in [0.4, 0.5) is 5.69 Å². The quantitative estimate of drug-likeness (QED) is 0.824. The number of anilines is 1. The first-order chi connectivity index (χ1) is 9.49. The standard InChI is InChI=1S/C14H15NO5/c1-15-10-7-9(11(16)3-2-4-14(18)19)5-6-12(10)20-8-13(15)17/h5-7H,2-4,8H2,1H3,(H,18,19). The van der Waals surface area contributed by atoms with Crippen LogP contribution in [0.25, 0.3) is 0 Å². The van der Waals surface area contributed by atoms with E-state index in [-0.39, 0.29) is 31.1 Å². The fourth-order valence-corrected chi connectivity index (χ4v) is 1.99. The maximum atomic E-state index is 12.0. The molecule has 1 aliphatic rings. The summed E-state index contributed by atoms with van der Waals surface area (Å²) in [5, 5.41) is 8.55. The second kappa shape index (κ2) is 5.73. The molecule has 1 aromatic rings. The Morgan fingerprint density at radius 3 is 2.80 bits per heavy atom. The number of hydrogen-bond acceptors (Lipinski definition) is 4. The number of ether oxygens (including phenoxy) is 1. The van der Waals surface area contributed by atoms with Gasteiger partial charge in [-0.1, -0.05) is 0 Å². The topological polar surface area (TPSA) is 83.9 Å². The first-order valence-electron chi connectivity index (χ1n) is 6.27. The summed E-state index contributed by atoms with van der Waals surface area (Å²) in [5.74, 6) is -0.662. The number of carbonyl (C=O) groups is 3. The van der Waals surface area contributed by atoms with Gasteiger partial charge in [0, 0.05) is 25.5 Å². The van der Waals surface area contributed by atoms with Crippen molar-refractivity contribution in [3.63, 3.8) is 0 Å². The molecule has 1 aromatic carbocycles. The van der Waals surface area contributed by atoms with Crippen LogP contribution in [0.3, 0.4) is 0 Å². The van der Waals surface area contributed by atoms with Crippen LogP contribution in [-0.2, 0) is 9.59 Å². The molecule has 6 heteroatoms. The Bertz CT molecular complexity index is 567. The third-order valence-corrected chi connectivity index (χ3v) is 3.16. The van der Waals surface area contributed by atoms with Gasteiger partial charge in [0.05, 0.1) is 5.69 Å². The number of carbonyl (C=O) groups excluding carboxylic acids is 2. The highest BCUT2D eigenvalue weighted by Gasteiger charge is 2.23. The van der Waals surface area contributed by atoms with Crippen LogP contribution >= 0.6 is 0 Å². The number of aliphatic carboxylic acids is 1. The highest BCUT2D eigenvalue weighted by molar-refractivity contribution is 6.01. The Labute approximate surface area is 115 Å². The Morgan fingerprint density at radius 2 is 2.10 bits per heavy atom. The first kappa shape index (κ1) is 14.0. The van der Waals surface area contributed by atoms with Crippen molar-refractivity contribution < 1.29 is 24.2 Å². The number of fused-ring (bicyclic) bond motifs is 1. The molecule has 0 bridgehead atoms. The average molecular weight is 277 g/mol. The molecule has 1 heterocycles. The molecule has 1 N–H and O–H groups in total. The molecular formula is C14H15NO5. The predicted molar refractivity (Wildman–Crippen MR) is 71.2 cm³/mol. The van der Waals surface area contributed by atoms with Crippen molar-refractivity contribution in [2.24, 2.45) is 0 Å². The molecule has 0 radical (unpaired) electrons. The molecule has 2 rings (SSSR count). The number of carboxylic acids is 1. The number of benzene rings is 1. The lowest BCUT2D eigenvalue weighted by atomic mass is 10.0. The van der Waals surface area contributed by atoms with Gasteiger partial charge in [-0.05, 0) is 24.6 Å². The maximum Gasteiger partial charge on any atom is 0.303 e. The van der Waals surface area contributed by atoms with Gasteiger partial charge in [0.15, 0.2) is 12.4 Å². The van der Waals surface area contributed by atoms with E-state index in [0.717, 1.165) is 0 Å². The largest absolute Gasteiger partial charge is 0.482 e. The van der Waals surface area contributed by atoms with Crippen LogP contribution in [0, 0.1) is 0 Å². The van der Waals surface area contributed by atoms with Crippen LogP contribution in [-0.4, -0.2) is 36.4 Å². The number of amides is 1. The van der Waals surface area contributed by atoms with Crippen molar-refractivity contribution in [2.75, 3.05) is 18.6 Å². The molecule has 0 saturated carbocycles. The van der Waals surface area contributed by atoms with Crippen LogP contribution in [0.1, 0.15) is 29.6 Å². The van der Waals surface area contributed by atoms with Gasteiger partial charge in [0.25, 0.3) is 5.91 Å². The van der Waals surface area contributed by atoms with E-state index in [1.165, 1.54) is 4.90 Å². The second-order valence-electron chi connectivity index (χ2n) is 4.59.